The fourth-order valence-corrected chi connectivity index (χ4v) is 1.37. The molecule has 0 radical (unpaired) electrons. The molecule has 1 atom stereocenters. The Balaban J connectivity index is 2.85. The lowest BCUT2D eigenvalue weighted by Crippen LogP contribution is -2.27. The van der Waals surface area contributed by atoms with Crippen LogP contribution in [-0.4, -0.2) is 11.3 Å². The summed E-state index contributed by atoms with van der Waals surface area (Å²) in [6.45, 7) is 0. The second kappa shape index (κ2) is 2.95. The average molecular weight is 197 g/mol. The summed E-state index contributed by atoms with van der Waals surface area (Å²) in [5, 5.41) is 9.79. The lowest BCUT2D eigenvalue weighted by Gasteiger charge is -2.13. The molecule has 0 aromatic carbocycles. The molecular weight excluding hydrogens is 191 g/mol. The predicted molar refractivity (Wildman–Crippen MR) is 39.0 cm³/mol. The van der Waals surface area contributed by atoms with Crippen molar-refractivity contribution in [1.29, 1.82) is 0 Å². The van der Waals surface area contributed by atoms with Gasteiger partial charge in [-0.05, 0) is 17.0 Å². The first-order valence-electron chi connectivity index (χ1n) is 3.01. The fraction of sp³-hybridized carbons (Fsp3) is 0.333. The second-order valence-corrected chi connectivity index (χ2v) is 3.13. The van der Waals surface area contributed by atoms with Gasteiger partial charge in [-0.3, -0.25) is 0 Å². The van der Waals surface area contributed by atoms with E-state index < -0.39 is 12.2 Å². The van der Waals surface area contributed by atoms with Crippen LogP contribution in [0.15, 0.2) is 11.4 Å². The molecule has 0 aliphatic carbocycles. The van der Waals surface area contributed by atoms with E-state index in [9.17, 15) is 13.2 Å². The third-order valence-electron chi connectivity index (χ3n) is 1.32. The van der Waals surface area contributed by atoms with Gasteiger partial charge in [-0.2, -0.15) is 13.2 Å². The van der Waals surface area contributed by atoms with Crippen molar-refractivity contribution < 1.29 is 18.3 Å². The molecule has 0 bridgehead atoms. The topological polar surface area (TPSA) is 46.2 Å². The summed E-state index contributed by atoms with van der Waals surface area (Å²) in [5.74, 6) is 0. The standard InChI is InChI=1S/C6H6F3NOS/c7-6(8,9)5(10)3-1-4(11)12-2-3/h1-2,5,11H,10H2/t5-/m1/s1. The Labute approximate surface area is 70.4 Å². The van der Waals surface area contributed by atoms with Gasteiger partial charge in [-0.15, -0.1) is 11.3 Å². The van der Waals surface area contributed by atoms with Gasteiger partial charge in [0.15, 0.2) is 5.06 Å². The molecule has 0 aliphatic heterocycles. The molecule has 0 amide bonds. The summed E-state index contributed by atoms with van der Waals surface area (Å²) in [7, 11) is 0. The molecule has 3 N–H and O–H groups in total. The largest absolute Gasteiger partial charge is 0.499 e. The van der Waals surface area contributed by atoms with Crippen LogP contribution in [-0.2, 0) is 0 Å². The molecule has 0 fully saturated rings. The van der Waals surface area contributed by atoms with Crippen LogP contribution in [0.2, 0.25) is 0 Å². The number of rotatable bonds is 1. The van der Waals surface area contributed by atoms with Crippen LogP contribution in [0.4, 0.5) is 13.2 Å². The van der Waals surface area contributed by atoms with Gasteiger partial charge < -0.3 is 10.8 Å². The monoisotopic (exact) mass is 197 g/mol. The second-order valence-electron chi connectivity index (χ2n) is 2.24. The number of nitrogens with two attached hydrogens (primary N) is 1. The Kier molecular flexibility index (Phi) is 2.29. The van der Waals surface area contributed by atoms with Crippen LogP contribution < -0.4 is 5.73 Å². The third-order valence-corrected chi connectivity index (χ3v) is 2.07. The van der Waals surface area contributed by atoms with Gasteiger partial charge >= 0.3 is 6.18 Å². The molecule has 0 unspecified atom stereocenters. The quantitative estimate of drug-likeness (QED) is 0.723. The van der Waals surface area contributed by atoms with Gasteiger partial charge in [-0.25, -0.2) is 0 Å². The molecular formula is C6H6F3NOS. The highest BCUT2D eigenvalue weighted by Crippen LogP contribution is 2.34. The van der Waals surface area contributed by atoms with E-state index in [0.29, 0.717) is 0 Å². The van der Waals surface area contributed by atoms with Gasteiger partial charge in [-0.1, -0.05) is 0 Å². The van der Waals surface area contributed by atoms with E-state index in [-0.39, 0.29) is 10.6 Å². The molecule has 6 heteroatoms. The summed E-state index contributed by atoms with van der Waals surface area (Å²) in [6.07, 6.45) is -4.45. The number of alkyl halides is 3. The van der Waals surface area contributed by atoms with Crippen molar-refractivity contribution in [2.24, 2.45) is 5.73 Å². The average Bonchev–Trinajstić information content (AvgIpc) is 2.32. The molecule has 68 valence electrons. The van der Waals surface area contributed by atoms with Crippen molar-refractivity contribution in [3.63, 3.8) is 0 Å². The van der Waals surface area contributed by atoms with Gasteiger partial charge in [0.25, 0.3) is 0 Å². The molecule has 12 heavy (non-hydrogen) atoms. The number of aromatic hydroxyl groups is 1. The maximum Gasteiger partial charge on any atom is 0.407 e. The summed E-state index contributed by atoms with van der Waals surface area (Å²) < 4.78 is 35.8. The predicted octanol–water partition coefficient (Wildman–Crippen LogP) is 2.02. The minimum absolute atomic E-state index is 0.106. The van der Waals surface area contributed by atoms with Crippen molar-refractivity contribution in [3.05, 3.63) is 17.0 Å². The molecule has 1 rings (SSSR count). The molecule has 1 aromatic heterocycles. The van der Waals surface area contributed by atoms with Crippen LogP contribution in [0.25, 0.3) is 0 Å². The Hall–Kier alpha value is -0.750. The zero-order valence-electron chi connectivity index (χ0n) is 5.80. The Morgan fingerprint density at radius 1 is 1.50 bits per heavy atom. The first-order chi connectivity index (χ1) is 5.41. The molecule has 0 aliphatic rings. The number of hydrogen-bond acceptors (Lipinski definition) is 3. The zero-order chi connectivity index (χ0) is 9.35. The van der Waals surface area contributed by atoms with E-state index in [1.54, 1.807) is 0 Å². The van der Waals surface area contributed by atoms with E-state index in [1.807, 2.05) is 0 Å². The highest BCUT2D eigenvalue weighted by molar-refractivity contribution is 7.11. The smallest absolute Gasteiger partial charge is 0.407 e. The van der Waals surface area contributed by atoms with Crippen LogP contribution in [0.5, 0.6) is 5.06 Å². The number of halogens is 3. The van der Waals surface area contributed by atoms with Crippen LogP contribution >= 0.6 is 11.3 Å². The maximum absolute atomic E-state index is 11.9. The van der Waals surface area contributed by atoms with Crippen LogP contribution in [0.1, 0.15) is 11.6 Å². The SMILES string of the molecule is N[C@H](c1csc(O)c1)C(F)(F)F. The van der Waals surface area contributed by atoms with E-state index in [4.69, 9.17) is 10.8 Å². The summed E-state index contributed by atoms with van der Waals surface area (Å²) in [5.41, 5.74) is 4.75. The van der Waals surface area contributed by atoms with E-state index in [0.717, 1.165) is 17.4 Å². The van der Waals surface area contributed by atoms with Gasteiger partial charge in [0.2, 0.25) is 0 Å². The van der Waals surface area contributed by atoms with Crippen LogP contribution in [0, 0.1) is 0 Å². The zero-order valence-corrected chi connectivity index (χ0v) is 6.62. The normalized spacial score (nSPS) is 14.7. The minimum Gasteiger partial charge on any atom is -0.499 e. The molecule has 2 nitrogen and oxygen atoms in total. The Bertz CT molecular complexity index is 270. The van der Waals surface area contributed by atoms with E-state index in [2.05, 4.69) is 0 Å². The lowest BCUT2D eigenvalue weighted by atomic mass is 10.1. The van der Waals surface area contributed by atoms with Gasteiger partial charge in [0.05, 0.1) is 0 Å². The summed E-state index contributed by atoms with van der Waals surface area (Å²) >= 11 is 0.824. The maximum atomic E-state index is 11.9. The van der Waals surface area contributed by atoms with E-state index >= 15 is 0 Å². The van der Waals surface area contributed by atoms with Crippen molar-refractivity contribution in [3.8, 4) is 5.06 Å². The Morgan fingerprint density at radius 2 is 2.08 bits per heavy atom. The van der Waals surface area contributed by atoms with Gasteiger partial charge in [0.1, 0.15) is 6.04 Å². The van der Waals surface area contributed by atoms with Crippen LogP contribution in [0.3, 0.4) is 0 Å². The van der Waals surface area contributed by atoms with E-state index in [1.165, 1.54) is 5.38 Å². The van der Waals surface area contributed by atoms with Crippen molar-refractivity contribution in [2.75, 3.05) is 0 Å². The lowest BCUT2D eigenvalue weighted by molar-refractivity contribution is -0.149. The highest BCUT2D eigenvalue weighted by atomic mass is 32.1. The molecule has 0 saturated carbocycles. The van der Waals surface area contributed by atoms with Crippen molar-refractivity contribution >= 4 is 11.3 Å². The Morgan fingerprint density at radius 3 is 2.42 bits per heavy atom. The first kappa shape index (κ1) is 9.34. The van der Waals surface area contributed by atoms with Crippen molar-refractivity contribution in [2.45, 2.75) is 12.2 Å². The fourth-order valence-electron chi connectivity index (χ4n) is 0.691. The van der Waals surface area contributed by atoms with Crippen molar-refractivity contribution in [1.82, 2.24) is 0 Å². The number of thiophene rings is 1. The summed E-state index contributed by atoms with van der Waals surface area (Å²) in [6, 6.07) is -0.988. The molecule has 1 heterocycles. The highest BCUT2D eigenvalue weighted by Gasteiger charge is 2.38. The minimum atomic E-state index is -4.45. The molecule has 1 aromatic rings. The molecule has 0 spiro atoms. The first-order valence-corrected chi connectivity index (χ1v) is 3.89. The molecule has 0 saturated heterocycles. The third kappa shape index (κ3) is 1.89. The summed E-state index contributed by atoms with van der Waals surface area (Å²) in [4.78, 5) is 0. The number of hydrogen-bond donors (Lipinski definition) is 2. The van der Waals surface area contributed by atoms with Gasteiger partial charge in [0, 0.05) is 0 Å².